The topological polar surface area (TPSA) is 48.1 Å². The van der Waals surface area contributed by atoms with E-state index in [-0.39, 0.29) is 6.04 Å². The van der Waals surface area contributed by atoms with Gasteiger partial charge in [0.05, 0.1) is 12.3 Å². The van der Waals surface area contributed by atoms with Gasteiger partial charge in [-0.3, -0.25) is 0 Å². The average molecular weight is 214 g/mol. The lowest BCUT2D eigenvalue weighted by Crippen LogP contribution is -2.22. The van der Waals surface area contributed by atoms with Crippen LogP contribution in [0.15, 0.2) is 5.38 Å². The highest BCUT2D eigenvalue weighted by Crippen LogP contribution is 2.12. The summed E-state index contributed by atoms with van der Waals surface area (Å²) in [4.78, 5) is 4.44. The second-order valence-corrected chi connectivity index (χ2v) is 4.36. The Kier molecular flexibility index (Phi) is 5.07. The number of thiazole rings is 1. The van der Waals surface area contributed by atoms with Crippen molar-refractivity contribution in [3.05, 3.63) is 16.1 Å². The third kappa shape index (κ3) is 3.74. The lowest BCUT2D eigenvalue weighted by atomic mass is 10.1. The fourth-order valence-electron chi connectivity index (χ4n) is 1.37. The van der Waals surface area contributed by atoms with E-state index in [4.69, 9.17) is 10.5 Å². The molecule has 0 aliphatic heterocycles. The van der Waals surface area contributed by atoms with Gasteiger partial charge in [0.25, 0.3) is 0 Å². The van der Waals surface area contributed by atoms with E-state index < -0.39 is 0 Å². The highest BCUT2D eigenvalue weighted by Gasteiger charge is 2.06. The summed E-state index contributed by atoms with van der Waals surface area (Å²) in [7, 11) is 1.68. The zero-order valence-electron chi connectivity index (χ0n) is 8.82. The van der Waals surface area contributed by atoms with E-state index in [9.17, 15) is 0 Å². The summed E-state index contributed by atoms with van der Waals surface area (Å²) in [6.45, 7) is 2.75. The molecule has 0 aromatic carbocycles. The molecule has 0 fully saturated rings. The van der Waals surface area contributed by atoms with Gasteiger partial charge < -0.3 is 10.5 Å². The second-order valence-electron chi connectivity index (χ2n) is 3.42. The van der Waals surface area contributed by atoms with Crippen LogP contribution in [0.4, 0.5) is 0 Å². The Bertz CT molecular complexity index is 262. The largest absolute Gasteiger partial charge is 0.378 e. The highest BCUT2D eigenvalue weighted by atomic mass is 32.1. The van der Waals surface area contributed by atoms with Crippen molar-refractivity contribution in [3.8, 4) is 0 Å². The van der Waals surface area contributed by atoms with Crippen LogP contribution in [0.1, 0.15) is 30.5 Å². The van der Waals surface area contributed by atoms with Gasteiger partial charge in [-0.25, -0.2) is 4.98 Å². The molecule has 1 aromatic heterocycles. The van der Waals surface area contributed by atoms with Gasteiger partial charge in [0.2, 0.25) is 0 Å². The Morgan fingerprint density at radius 3 is 3.07 bits per heavy atom. The first kappa shape index (κ1) is 11.6. The number of hydrogen-bond donors (Lipinski definition) is 1. The lowest BCUT2D eigenvalue weighted by Gasteiger charge is -2.06. The SMILES string of the molecule is CCCC(N)Cc1csc(COC)n1. The zero-order chi connectivity index (χ0) is 10.4. The zero-order valence-corrected chi connectivity index (χ0v) is 9.64. The van der Waals surface area contributed by atoms with Crippen molar-refractivity contribution in [3.63, 3.8) is 0 Å². The maximum absolute atomic E-state index is 5.93. The van der Waals surface area contributed by atoms with E-state index in [2.05, 4.69) is 17.3 Å². The molecule has 2 N–H and O–H groups in total. The molecule has 0 amide bonds. The molecule has 0 radical (unpaired) electrons. The molecule has 1 unspecified atom stereocenters. The molecule has 1 rings (SSSR count). The first-order valence-corrected chi connectivity index (χ1v) is 5.82. The highest BCUT2D eigenvalue weighted by molar-refractivity contribution is 7.09. The number of rotatable bonds is 6. The first-order valence-electron chi connectivity index (χ1n) is 4.94. The number of hydrogen-bond acceptors (Lipinski definition) is 4. The molecule has 0 aliphatic carbocycles. The Labute approximate surface area is 89.3 Å². The van der Waals surface area contributed by atoms with Crippen molar-refractivity contribution in [2.75, 3.05) is 7.11 Å². The van der Waals surface area contributed by atoms with E-state index in [0.29, 0.717) is 6.61 Å². The van der Waals surface area contributed by atoms with Crippen molar-refractivity contribution < 1.29 is 4.74 Å². The summed E-state index contributed by atoms with van der Waals surface area (Å²) in [5.41, 5.74) is 7.03. The molecule has 1 aromatic rings. The van der Waals surface area contributed by atoms with E-state index >= 15 is 0 Å². The van der Waals surface area contributed by atoms with Gasteiger partial charge in [-0.1, -0.05) is 13.3 Å². The average Bonchev–Trinajstić information content (AvgIpc) is 2.53. The summed E-state index contributed by atoms with van der Waals surface area (Å²) in [5.74, 6) is 0. The van der Waals surface area contributed by atoms with Crippen LogP contribution in [0.25, 0.3) is 0 Å². The molecule has 14 heavy (non-hydrogen) atoms. The van der Waals surface area contributed by atoms with Crippen LogP contribution in [0.3, 0.4) is 0 Å². The Morgan fingerprint density at radius 2 is 2.43 bits per heavy atom. The molecule has 0 spiro atoms. The van der Waals surface area contributed by atoms with Crippen LogP contribution < -0.4 is 5.73 Å². The van der Waals surface area contributed by atoms with Crippen molar-refractivity contribution >= 4 is 11.3 Å². The third-order valence-electron chi connectivity index (χ3n) is 2.00. The van der Waals surface area contributed by atoms with Crippen LogP contribution in [0, 0.1) is 0 Å². The standard InChI is InChI=1S/C10H18N2OS/c1-3-4-8(11)5-9-7-14-10(12-9)6-13-2/h7-8H,3-6,11H2,1-2H3. The van der Waals surface area contributed by atoms with Gasteiger partial charge >= 0.3 is 0 Å². The number of ether oxygens (including phenoxy) is 1. The summed E-state index contributed by atoms with van der Waals surface area (Å²) in [6, 6.07) is 0.248. The number of methoxy groups -OCH3 is 1. The van der Waals surface area contributed by atoms with Crippen LogP contribution in [0.2, 0.25) is 0 Å². The molecule has 1 heterocycles. The second kappa shape index (κ2) is 6.11. The van der Waals surface area contributed by atoms with Crippen LogP contribution >= 0.6 is 11.3 Å². The molecule has 80 valence electrons. The van der Waals surface area contributed by atoms with E-state index in [1.807, 2.05) is 0 Å². The molecule has 0 bridgehead atoms. The minimum atomic E-state index is 0.248. The smallest absolute Gasteiger partial charge is 0.119 e. The molecule has 3 nitrogen and oxygen atoms in total. The van der Waals surface area contributed by atoms with Gasteiger partial charge in [-0.15, -0.1) is 11.3 Å². The Hall–Kier alpha value is -0.450. The maximum atomic E-state index is 5.93. The summed E-state index contributed by atoms with van der Waals surface area (Å²) >= 11 is 1.64. The number of nitrogens with zero attached hydrogens (tertiary/aromatic N) is 1. The molecule has 4 heteroatoms. The van der Waals surface area contributed by atoms with E-state index in [1.165, 1.54) is 0 Å². The van der Waals surface area contributed by atoms with Gasteiger partial charge in [0, 0.05) is 25.0 Å². The van der Waals surface area contributed by atoms with Gasteiger partial charge in [-0.2, -0.15) is 0 Å². The summed E-state index contributed by atoms with van der Waals surface area (Å²) < 4.78 is 5.01. The quantitative estimate of drug-likeness (QED) is 0.787. The first-order chi connectivity index (χ1) is 6.76. The van der Waals surface area contributed by atoms with Crippen molar-refractivity contribution in [1.29, 1.82) is 0 Å². The lowest BCUT2D eigenvalue weighted by molar-refractivity contribution is 0.184. The molecule has 0 saturated carbocycles. The van der Waals surface area contributed by atoms with E-state index in [1.54, 1.807) is 18.4 Å². The Balaban J connectivity index is 2.42. The predicted octanol–water partition coefficient (Wildman–Crippen LogP) is 1.96. The molecule has 0 aliphatic rings. The minimum Gasteiger partial charge on any atom is -0.378 e. The third-order valence-corrected chi connectivity index (χ3v) is 2.87. The monoisotopic (exact) mass is 214 g/mol. The van der Waals surface area contributed by atoms with Gasteiger partial charge in [0.1, 0.15) is 5.01 Å². The molecule has 0 saturated heterocycles. The van der Waals surface area contributed by atoms with E-state index in [0.717, 1.165) is 30.0 Å². The van der Waals surface area contributed by atoms with Gasteiger partial charge in [0.15, 0.2) is 0 Å². The van der Waals surface area contributed by atoms with Crippen LogP contribution in [-0.2, 0) is 17.8 Å². The van der Waals surface area contributed by atoms with Gasteiger partial charge in [-0.05, 0) is 6.42 Å². The molecular formula is C10H18N2OS. The molecular weight excluding hydrogens is 196 g/mol. The Morgan fingerprint density at radius 1 is 1.64 bits per heavy atom. The maximum Gasteiger partial charge on any atom is 0.119 e. The molecule has 1 atom stereocenters. The minimum absolute atomic E-state index is 0.248. The van der Waals surface area contributed by atoms with Crippen LogP contribution in [0.5, 0.6) is 0 Å². The summed E-state index contributed by atoms with van der Waals surface area (Å²) in [6.07, 6.45) is 3.08. The number of aromatic nitrogens is 1. The van der Waals surface area contributed by atoms with Crippen molar-refractivity contribution in [2.24, 2.45) is 5.73 Å². The predicted molar refractivity (Wildman–Crippen MR) is 59.4 cm³/mol. The van der Waals surface area contributed by atoms with Crippen molar-refractivity contribution in [2.45, 2.75) is 38.8 Å². The van der Waals surface area contributed by atoms with Crippen molar-refractivity contribution in [1.82, 2.24) is 4.98 Å². The number of nitrogens with two attached hydrogens (primary N) is 1. The fraction of sp³-hybridized carbons (Fsp3) is 0.700. The van der Waals surface area contributed by atoms with Crippen LogP contribution in [-0.4, -0.2) is 18.1 Å². The summed E-state index contributed by atoms with van der Waals surface area (Å²) in [5, 5.41) is 3.11. The fourth-order valence-corrected chi connectivity index (χ4v) is 2.15. The normalized spacial score (nSPS) is 13.1.